The lowest BCUT2D eigenvalue weighted by molar-refractivity contribution is 0.0741. The number of carbonyl (C=O) groups is 1. The highest BCUT2D eigenvalue weighted by molar-refractivity contribution is 7.13. The second-order valence-electron chi connectivity index (χ2n) is 6.22. The SMILES string of the molecule is COc1ccnc(N2CCN(C(=O)c3csc(-c4ccc(Cl)cc4)n3)CC2)n1. The highest BCUT2D eigenvalue weighted by Crippen LogP contribution is 2.26. The molecule has 0 bridgehead atoms. The molecule has 0 spiro atoms. The van der Waals surface area contributed by atoms with E-state index >= 15 is 0 Å². The Kier molecular flexibility index (Phi) is 5.40. The van der Waals surface area contributed by atoms with Gasteiger partial charge in [0.25, 0.3) is 5.91 Å². The normalized spacial score (nSPS) is 14.2. The summed E-state index contributed by atoms with van der Waals surface area (Å²) in [4.78, 5) is 29.8. The van der Waals surface area contributed by atoms with Crippen molar-refractivity contribution in [3.8, 4) is 16.5 Å². The molecule has 0 radical (unpaired) electrons. The van der Waals surface area contributed by atoms with E-state index in [-0.39, 0.29) is 5.91 Å². The molecule has 1 fully saturated rings. The van der Waals surface area contributed by atoms with E-state index in [0.717, 1.165) is 10.6 Å². The molecule has 1 aliphatic heterocycles. The van der Waals surface area contributed by atoms with Crippen molar-refractivity contribution in [1.82, 2.24) is 19.9 Å². The van der Waals surface area contributed by atoms with Crippen LogP contribution < -0.4 is 9.64 Å². The summed E-state index contributed by atoms with van der Waals surface area (Å²) in [6, 6.07) is 9.16. The largest absolute Gasteiger partial charge is 0.481 e. The zero-order chi connectivity index (χ0) is 19.5. The van der Waals surface area contributed by atoms with Gasteiger partial charge in [-0.1, -0.05) is 23.7 Å². The van der Waals surface area contributed by atoms with Gasteiger partial charge in [0, 0.05) is 54.4 Å². The number of aromatic nitrogens is 3. The summed E-state index contributed by atoms with van der Waals surface area (Å²) in [6.45, 7) is 2.50. The molecule has 7 nitrogen and oxygen atoms in total. The molecule has 0 unspecified atom stereocenters. The van der Waals surface area contributed by atoms with Crippen LogP contribution in [0.25, 0.3) is 10.6 Å². The number of ether oxygens (including phenoxy) is 1. The number of anilines is 1. The van der Waals surface area contributed by atoms with Gasteiger partial charge in [-0.15, -0.1) is 11.3 Å². The Morgan fingerprint density at radius 3 is 2.57 bits per heavy atom. The van der Waals surface area contributed by atoms with Crippen molar-refractivity contribution >= 4 is 34.8 Å². The van der Waals surface area contributed by atoms with Gasteiger partial charge in [-0.3, -0.25) is 4.79 Å². The zero-order valence-corrected chi connectivity index (χ0v) is 16.8. The maximum absolute atomic E-state index is 12.8. The molecular weight excluding hydrogens is 398 g/mol. The molecule has 1 amide bonds. The zero-order valence-electron chi connectivity index (χ0n) is 15.2. The van der Waals surface area contributed by atoms with E-state index in [2.05, 4.69) is 15.0 Å². The molecule has 1 aromatic carbocycles. The number of nitrogens with zero attached hydrogens (tertiary/aromatic N) is 5. The van der Waals surface area contributed by atoms with Crippen LogP contribution in [0.1, 0.15) is 10.5 Å². The quantitative estimate of drug-likeness (QED) is 0.651. The summed E-state index contributed by atoms with van der Waals surface area (Å²) >= 11 is 7.39. The van der Waals surface area contributed by atoms with Gasteiger partial charge in [0.15, 0.2) is 0 Å². The monoisotopic (exact) mass is 415 g/mol. The first-order valence-electron chi connectivity index (χ1n) is 8.77. The average Bonchev–Trinajstić information content (AvgIpc) is 3.24. The fourth-order valence-electron chi connectivity index (χ4n) is 2.97. The summed E-state index contributed by atoms with van der Waals surface area (Å²) in [5.74, 6) is 1.09. The number of rotatable bonds is 4. The Morgan fingerprint density at radius 1 is 1.11 bits per heavy atom. The second kappa shape index (κ2) is 8.12. The first-order valence-corrected chi connectivity index (χ1v) is 10.0. The third kappa shape index (κ3) is 3.93. The third-order valence-electron chi connectivity index (χ3n) is 4.49. The van der Waals surface area contributed by atoms with Crippen molar-refractivity contribution in [2.45, 2.75) is 0 Å². The van der Waals surface area contributed by atoms with E-state index < -0.39 is 0 Å². The molecule has 0 N–H and O–H groups in total. The molecule has 1 saturated heterocycles. The van der Waals surface area contributed by atoms with Crippen LogP contribution in [0.4, 0.5) is 5.95 Å². The summed E-state index contributed by atoms with van der Waals surface area (Å²) in [7, 11) is 1.58. The fourth-order valence-corrected chi connectivity index (χ4v) is 3.89. The standard InChI is InChI=1S/C19H18ClN5O2S/c1-27-16-6-7-21-19(23-16)25-10-8-24(9-11-25)18(26)15-12-28-17(22-15)13-2-4-14(20)5-3-13/h2-7,12H,8-11H2,1H3. The fraction of sp³-hybridized carbons (Fsp3) is 0.263. The Labute approximate surface area is 171 Å². The minimum atomic E-state index is -0.0531. The number of piperazine rings is 1. The second-order valence-corrected chi connectivity index (χ2v) is 7.52. The van der Waals surface area contributed by atoms with Crippen LogP contribution in [-0.2, 0) is 0 Å². The topological polar surface area (TPSA) is 71.5 Å². The lowest BCUT2D eigenvalue weighted by atomic mass is 10.2. The molecule has 28 heavy (non-hydrogen) atoms. The molecule has 0 saturated carbocycles. The van der Waals surface area contributed by atoms with E-state index in [9.17, 15) is 4.79 Å². The third-order valence-corrected chi connectivity index (χ3v) is 5.63. The molecular formula is C19H18ClN5O2S. The lowest BCUT2D eigenvalue weighted by Crippen LogP contribution is -2.49. The molecule has 3 heterocycles. The minimum absolute atomic E-state index is 0.0531. The van der Waals surface area contributed by atoms with Crippen LogP contribution >= 0.6 is 22.9 Å². The van der Waals surface area contributed by atoms with Crippen molar-refractivity contribution in [3.05, 3.63) is 52.6 Å². The molecule has 2 aromatic heterocycles. The first-order chi connectivity index (χ1) is 13.6. The van der Waals surface area contributed by atoms with E-state index in [1.807, 2.05) is 39.4 Å². The van der Waals surface area contributed by atoms with Gasteiger partial charge in [-0.25, -0.2) is 9.97 Å². The number of benzene rings is 1. The van der Waals surface area contributed by atoms with Crippen LogP contribution in [-0.4, -0.2) is 59.0 Å². The Bertz CT molecular complexity index is 970. The molecule has 1 aliphatic rings. The van der Waals surface area contributed by atoms with Crippen LogP contribution in [0.5, 0.6) is 5.88 Å². The van der Waals surface area contributed by atoms with Crippen molar-refractivity contribution < 1.29 is 9.53 Å². The maximum atomic E-state index is 12.8. The van der Waals surface area contributed by atoms with Crippen molar-refractivity contribution in [1.29, 1.82) is 0 Å². The van der Waals surface area contributed by atoms with Crippen LogP contribution in [0.15, 0.2) is 41.9 Å². The van der Waals surface area contributed by atoms with Gasteiger partial charge in [-0.2, -0.15) is 4.98 Å². The number of carbonyl (C=O) groups excluding carboxylic acids is 1. The lowest BCUT2D eigenvalue weighted by Gasteiger charge is -2.34. The molecule has 4 rings (SSSR count). The van der Waals surface area contributed by atoms with E-state index in [1.165, 1.54) is 11.3 Å². The molecule has 3 aromatic rings. The summed E-state index contributed by atoms with van der Waals surface area (Å²) < 4.78 is 5.15. The van der Waals surface area contributed by atoms with E-state index in [0.29, 0.717) is 48.7 Å². The molecule has 0 atom stereocenters. The van der Waals surface area contributed by atoms with Gasteiger partial charge in [0.05, 0.1) is 7.11 Å². The van der Waals surface area contributed by atoms with Crippen LogP contribution in [0, 0.1) is 0 Å². The molecule has 9 heteroatoms. The average molecular weight is 416 g/mol. The number of hydrogen-bond donors (Lipinski definition) is 0. The maximum Gasteiger partial charge on any atom is 0.273 e. The number of methoxy groups -OCH3 is 1. The minimum Gasteiger partial charge on any atom is -0.481 e. The van der Waals surface area contributed by atoms with Gasteiger partial charge in [0.1, 0.15) is 10.7 Å². The van der Waals surface area contributed by atoms with Crippen LogP contribution in [0.2, 0.25) is 5.02 Å². The van der Waals surface area contributed by atoms with Gasteiger partial charge in [0.2, 0.25) is 11.8 Å². The van der Waals surface area contributed by atoms with E-state index in [1.54, 1.807) is 19.4 Å². The van der Waals surface area contributed by atoms with Gasteiger partial charge in [-0.05, 0) is 12.1 Å². The van der Waals surface area contributed by atoms with E-state index in [4.69, 9.17) is 16.3 Å². The first kappa shape index (κ1) is 18.6. The van der Waals surface area contributed by atoms with Gasteiger partial charge >= 0.3 is 0 Å². The predicted octanol–water partition coefficient (Wildman–Crippen LogP) is 3.22. The number of thiazole rings is 1. The number of hydrogen-bond acceptors (Lipinski definition) is 7. The Hall–Kier alpha value is -2.71. The van der Waals surface area contributed by atoms with Crippen molar-refractivity contribution in [3.63, 3.8) is 0 Å². The predicted molar refractivity (Wildman–Crippen MR) is 109 cm³/mol. The van der Waals surface area contributed by atoms with Crippen LogP contribution in [0.3, 0.4) is 0 Å². The molecule has 0 aliphatic carbocycles. The summed E-state index contributed by atoms with van der Waals surface area (Å²) in [5, 5.41) is 3.29. The highest BCUT2D eigenvalue weighted by Gasteiger charge is 2.25. The number of amides is 1. The smallest absolute Gasteiger partial charge is 0.273 e. The van der Waals surface area contributed by atoms with Gasteiger partial charge < -0.3 is 14.5 Å². The Balaban J connectivity index is 1.41. The van der Waals surface area contributed by atoms with Crippen molar-refractivity contribution in [2.24, 2.45) is 0 Å². The molecule has 144 valence electrons. The van der Waals surface area contributed by atoms with Crippen molar-refractivity contribution in [2.75, 3.05) is 38.2 Å². The highest BCUT2D eigenvalue weighted by atomic mass is 35.5. The summed E-state index contributed by atoms with van der Waals surface area (Å²) in [6.07, 6.45) is 1.67. The summed E-state index contributed by atoms with van der Waals surface area (Å²) in [5.41, 5.74) is 1.43. The number of halogens is 1. The Morgan fingerprint density at radius 2 is 1.86 bits per heavy atom.